The third-order valence-corrected chi connectivity index (χ3v) is 4.36. The zero-order chi connectivity index (χ0) is 15.5. The van der Waals surface area contributed by atoms with E-state index in [0.29, 0.717) is 5.88 Å². The normalized spacial score (nSPS) is 10.7. The molecule has 0 radical (unpaired) electrons. The Hall–Kier alpha value is -2.12. The average Bonchev–Trinajstić information content (AvgIpc) is 2.58. The van der Waals surface area contributed by atoms with Crippen LogP contribution in [-0.2, 0) is 5.88 Å². The van der Waals surface area contributed by atoms with Crippen molar-refractivity contribution < 1.29 is 0 Å². The van der Waals surface area contributed by atoms with Gasteiger partial charge in [-0.25, -0.2) is 0 Å². The first-order valence-electron chi connectivity index (χ1n) is 7.38. The first-order chi connectivity index (χ1) is 10.7. The first kappa shape index (κ1) is 14.8. The van der Waals surface area contributed by atoms with E-state index in [2.05, 4.69) is 61.3 Å². The number of nitrogens with zero attached hydrogens (tertiary/aromatic N) is 1. The minimum absolute atomic E-state index is 0.414. The molecule has 3 aromatic rings. The molecule has 110 valence electrons. The molecule has 0 fully saturated rings. The number of hydrogen-bond donors (Lipinski definition) is 0. The van der Waals surface area contributed by atoms with Crippen LogP contribution in [-0.4, -0.2) is 4.98 Å². The quantitative estimate of drug-likeness (QED) is 0.560. The molecule has 3 rings (SSSR count). The third-order valence-electron chi connectivity index (χ3n) is 4.11. The van der Waals surface area contributed by atoms with E-state index in [1.54, 1.807) is 6.20 Å². The van der Waals surface area contributed by atoms with Gasteiger partial charge in [0.15, 0.2) is 0 Å². The molecule has 0 saturated carbocycles. The van der Waals surface area contributed by atoms with Gasteiger partial charge in [-0.1, -0.05) is 48.5 Å². The summed E-state index contributed by atoms with van der Waals surface area (Å²) < 4.78 is 0. The lowest BCUT2D eigenvalue weighted by molar-refractivity contribution is 1.17. The van der Waals surface area contributed by atoms with Crippen molar-refractivity contribution >= 4 is 11.6 Å². The van der Waals surface area contributed by atoms with E-state index >= 15 is 0 Å². The van der Waals surface area contributed by atoms with Gasteiger partial charge < -0.3 is 0 Å². The first-order valence-corrected chi connectivity index (χ1v) is 7.91. The lowest BCUT2D eigenvalue weighted by atomic mass is 9.88. The van der Waals surface area contributed by atoms with Gasteiger partial charge in [0.25, 0.3) is 0 Å². The van der Waals surface area contributed by atoms with E-state index in [1.165, 1.54) is 27.8 Å². The fourth-order valence-electron chi connectivity index (χ4n) is 2.81. The van der Waals surface area contributed by atoms with Crippen molar-refractivity contribution in [2.45, 2.75) is 19.7 Å². The smallest absolute Gasteiger partial charge is 0.0653 e. The van der Waals surface area contributed by atoms with Gasteiger partial charge in [-0.2, -0.15) is 0 Å². The summed E-state index contributed by atoms with van der Waals surface area (Å²) in [5.41, 5.74) is 8.30. The van der Waals surface area contributed by atoms with Crippen molar-refractivity contribution in [1.82, 2.24) is 4.98 Å². The summed E-state index contributed by atoms with van der Waals surface area (Å²) in [6, 6.07) is 18.9. The lowest BCUT2D eigenvalue weighted by Gasteiger charge is -2.17. The molecule has 2 aromatic carbocycles. The Morgan fingerprint density at radius 1 is 0.864 bits per heavy atom. The Morgan fingerprint density at radius 2 is 1.64 bits per heavy atom. The van der Waals surface area contributed by atoms with E-state index < -0.39 is 0 Å². The zero-order valence-corrected chi connectivity index (χ0v) is 13.6. The second kappa shape index (κ2) is 6.33. The molecule has 2 heteroatoms. The molecule has 0 spiro atoms. The maximum absolute atomic E-state index is 6.09. The molecule has 1 aromatic heterocycles. The van der Waals surface area contributed by atoms with Gasteiger partial charge in [0.05, 0.1) is 11.6 Å². The van der Waals surface area contributed by atoms with Gasteiger partial charge in [0, 0.05) is 11.8 Å². The SMILES string of the molecule is Cc1ccc(-c2cccnc2CCl)c(-c2ccccc2)c1C. The summed E-state index contributed by atoms with van der Waals surface area (Å²) in [7, 11) is 0. The van der Waals surface area contributed by atoms with Gasteiger partial charge >= 0.3 is 0 Å². The number of benzene rings is 2. The molecule has 0 aliphatic carbocycles. The molecule has 0 amide bonds. The van der Waals surface area contributed by atoms with Crippen LogP contribution in [0, 0.1) is 13.8 Å². The number of halogens is 1. The van der Waals surface area contributed by atoms with Crippen molar-refractivity contribution in [3.05, 3.63) is 77.6 Å². The molecule has 1 heterocycles. The standard InChI is InChI=1S/C20H18ClN/c1-14-10-11-18(17-9-6-12-22-19(17)13-21)20(15(14)2)16-7-4-3-5-8-16/h3-12H,13H2,1-2H3. The highest BCUT2D eigenvalue weighted by molar-refractivity contribution is 6.17. The van der Waals surface area contributed by atoms with Crippen molar-refractivity contribution in [3.63, 3.8) is 0 Å². The maximum Gasteiger partial charge on any atom is 0.0653 e. The summed E-state index contributed by atoms with van der Waals surface area (Å²) in [6.07, 6.45) is 1.80. The van der Waals surface area contributed by atoms with E-state index in [1.807, 2.05) is 12.1 Å². The molecule has 0 aliphatic heterocycles. The van der Waals surface area contributed by atoms with Crippen molar-refractivity contribution in [3.8, 4) is 22.3 Å². The lowest BCUT2D eigenvalue weighted by Crippen LogP contribution is -1.96. The fourth-order valence-corrected chi connectivity index (χ4v) is 3.02. The molecule has 0 bridgehead atoms. The van der Waals surface area contributed by atoms with Crippen LogP contribution in [0.2, 0.25) is 0 Å². The van der Waals surface area contributed by atoms with Gasteiger partial charge in [-0.15, -0.1) is 11.6 Å². The zero-order valence-electron chi connectivity index (χ0n) is 12.8. The monoisotopic (exact) mass is 307 g/mol. The van der Waals surface area contributed by atoms with E-state index in [9.17, 15) is 0 Å². The predicted molar refractivity (Wildman–Crippen MR) is 94.1 cm³/mol. The Labute approximate surface area is 136 Å². The van der Waals surface area contributed by atoms with Crippen molar-refractivity contribution in [2.24, 2.45) is 0 Å². The van der Waals surface area contributed by atoms with Gasteiger partial charge in [0.1, 0.15) is 0 Å². The Kier molecular flexibility index (Phi) is 4.26. The van der Waals surface area contributed by atoms with Crippen LogP contribution in [0.1, 0.15) is 16.8 Å². The van der Waals surface area contributed by atoms with Crippen LogP contribution in [0.15, 0.2) is 60.8 Å². The summed E-state index contributed by atoms with van der Waals surface area (Å²) in [5, 5.41) is 0. The topological polar surface area (TPSA) is 12.9 Å². The average molecular weight is 308 g/mol. The molecule has 0 saturated heterocycles. The molecule has 0 unspecified atom stereocenters. The highest BCUT2D eigenvalue weighted by atomic mass is 35.5. The number of alkyl halides is 1. The minimum atomic E-state index is 0.414. The van der Waals surface area contributed by atoms with Crippen LogP contribution in [0.5, 0.6) is 0 Å². The predicted octanol–water partition coefficient (Wildman–Crippen LogP) is 5.77. The Morgan fingerprint density at radius 3 is 2.36 bits per heavy atom. The van der Waals surface area contributed by atoms with E-state index in [4.69, 9.17) is 11.6 Å². The van der Waals surface area contributed by atoms with E-state index in [-0.39, 0.29) is 0 Å². The Bertz CT molecular complexity index is 794. The number of hydrogen-bond acceptors (Lipinski definition) is 1. The summed E-state index contributed by atoms with van der Waals surface area (Å²) in [6.45, 7) is 4.33. The largest absolute Gasteiger partial charge is 0.259 e. The molecular formula is C20H18ClN. The third kappa shape index (κ3) is 2.65. The summed E-state index contributed by atoms with van der Waals surface area (Å²) in [4.78, 5) is 4.43. The second-order valence-electron chi connectivity index (χ2n) is 5.43. The van der Waals surface area contributed by atoms with Crippen LogP contribution >= 0.6 is 11.6 Å². The highest BCUT2D eigenvalue weighted by Crippen LogP contribution is 2.37. The van der Waals surface area contributed by atoms with Crippen LogP contribution in [0.4, 0.5) is 0 Å². The number of rotatable bonds is 3. The summed E-state index contributed by atoms with van der Waals surface area (Å²) in [5.74, 6) is 0.414. The van der Waals surface area contributed by atoms with Gasteiger partial charge in [-0.05, 0) is 47.7 Å². The number of aromatic nitrogens is 1. The van der Waals surface area contributed by atoms with Gasteiger partial charge in [-0.3, -0.25) is 4.98 Å². The van der Waals surface area contributed by atoms with Crippen LogP contribution in [0.25, 0.3) is 22.3 Å². The Balaban J connectivity index is 2.31. The van der Waals surface area contributed by atoms with Gasteiger partial charge in [0.2, 0.25) is 0 Å². The minimum Gasteiger partial charge on any atom is -0.259 e. The summed E-state index contributed by atoms with van der Waals surface area (Å²) >= 11 is 6.09. The van der Waals surface area contributed by atoms with Crippen molar-refractivity contribution in [2.75, 3.05) is 0 Å². The molecule has 0 N–H and O–H groups in total. The van der Waals surface area contributed by atoms with E-state index in [0.717, 1.165) is 11.3 Å². The van der Waals surface area contributed by atoms with Crippen molar-refractivity contribution in [1.29, 1.82) is 0 Å². The van der Waals surface area contributed by atoms with Crippen LogP contribution < -0.4 is 0 Å². The highest BCUT2D eigenvalue weighted by Gasteiger charge is 2.14. The maximum atomic E-state index is 6.09. The number of pyridine rings is 1. The molecule has 22 heavy (non-hydrogen) atoms. The second-order valence-corrected chi connectivity index (χ2v) is 5.69. The molecule has 0 aliphatic rings. The number of aryl methyl sites for hydroxylation is 1. The fraction of sp³-hybridized carbons (Fsp3) is 0.150. The van der Waals surface area contributed by atoms with Crippen LogP contribution in [0.3, 0.4) is 0 Å². The molecular weight excluding hydrogens is 290 g/mol. The molecule has 1 nitrogen and oxygen atoms in total. The molecule has 0 atom stereocenters.